The highest BCUT2D eigenvalue weighted by Gasteiger charge is 2.17. The summed E-state index contributed by atoms with van der Waals surface area (Å²) in [5.74, 6) is 0. The van der Waals surface area contributed by atoms with Crippen molar-refractivity contribution in [3.8, 4) is 33.4 Å². The number of pyridine rings is 1. The van der Waals surface area contributed by atoms with Crippen LogP contribution in [0.5, 0.6) is 0 Å². The van der Waals surface area contributed by atoms with Crippen LogP contribution in [0, 0.1) is 0 Å². The molecule has 0 N–H and O–H groups in total. The predicted molar refractivity (Wildman–Crippen MR) is 238 cm³/mol. The van der Waals surface area contributed by atoms with Crippen molar-refractivity contribution in [2.75, 3.05) is 0 Å². The largest absolute Gasteiger partial charge is 0.263 e. The monoisotopic (exact) mass is 802 g/mol. The summed E-state index contributed by atoms with van der Waals surface area (Å²) in [7, 11) is 0. The lowest BCUT2D eigenvalue weighted by Gasteiger charge is -2.16. The molecular formula is C51H35IN2. The zero-order valence-electron chi connectivity index (χ0n) is 29.6. The van der Waals surface area contributed by atoms with E-state index < -0.39 is 20.7 Å². The van der Waals surface area contributed by atoms with Crippen molar-refractivity contribution < 1.29 is 0 Å². The molecule has 0 radical (unpaired) electrons. The summed E-state index contributed by atoms with van der Waals surface area (Å²) in [5, 5.41) is 4.89. The zero-order chi connectivity index (χ0) is 35.8. The molecule has 0 amide bonds. The molecule has 2 nitrogen and oxygen atoms in total. The van der Waals surface area contributed by atoms with Gasteiger partial charge in [0, 0.05) is 38.0 Å². The molecule has 8 aromatic rings. The van der Waals surface area contributed by atoms with E-state index in [1.165, 1.54) is 67.9 Å². The Kier molecular flexibility index (Phi) is 8.49. The minimum Gasteiger partial charge on any atom is -0.263 e. The van der Waals surface area contributed by atoms with Crippen molar-refractivity contribution in [3.05, 3.63) is 210 Å². The third kappa shape index (κ3) is 6.25. The fourth-order valence-electron chi connectivity index (χ4n) is 7.69. The van der Waals surface area contributed by atoms with E-state index in [0.29, 0.717) is 0 Å². The Balaban J connectivity index is 1.05. The third-order valence-corrected chi connectivity index (χ3v) is 13.4. The van der Waals surface area contributed by atoms with Crippen LogP contribution in [0.2, 0.25) is 0 Å². The number of halogens is 1. The van der Waals surface area contributed by atoms with Gasteiger partial charge in [-0.3, -0.25) is 4.98 Å². The van der Waals surface area contributed by atoms with Crippen LogP contribution in [-0.4, -0.2) is 12.2 Å². The molecule has 0 saturated carbocycles. The second kappa shape index (κ2) is 14.1. The summed E-state index contributed by atoms with van der Waals surface area (Å²) >= 11 is -0.571. The van der Waals surface area contributed by atoms with Crippen LogP contribution in [0.15, 0.2) is 187 Å². The van der Waals surface area contributed by atoms with E-state index in [2.05, 4.69) is 181 Å². The Morgan fingerprint density at radius 2 is 1.13 bits per heavy atom. The first-order chi connectivity index (χ1) is 26.7. The van der Waals surface area contributed by atoms with Crippen LogP contribution in [-0.2, 0) is 6.42 Å². The van der Waals surface area contributed by atoms with E-state index in [9.17, 15) is 0 Å². The SMILES string of the molecule is C1=Cc2cc(-c3cccc(C4=NC(c5ccc(-c6cncc7ccccc67)cc5)=CC(c5ccc(-c6cccc7ccccc67)cc5)=I4)c3)ccc2CC1. The second-order valence-corrected chi connectivity index (χ2v) is 16.6. The first kappa shape index (κ1) is 32.6. The molecule has 0 bridgehead atoms. The highest BCUT2D eigenvalue weighted by atomic mass is 127. The Bertz CT molecular complexity index is 2720. The number of aryl methyl sites for hydroxylation is 1. The van der Waals surface area contributed by atoms with E-state index >= 15 is 0 Å². The highest BCUT2D eigenvalue weighted by molar-refractivity contribution is 14.2. The van der Waals surface area contributed by atoms with Crippen LogP contribution < -0.4 is 0 Å². The minimum absolute atomic E-state index is 0.571. The number of benzene rings is 7. The van der Waals surface area contributed by atoms with Crippen molar-refractivity contribution >= 4 is 61.3 Å². The molecule has 3 heteroatoms. The van der Waals surface area contributed by atoms with E-state index in [-0.39, 0.29) is 0 Å². The Morgan fingerprint density at radius 3 is 1.98 bits per heavy atom. The molecule has 7 aromatic carbocycles. The average Bonchev–Trinajstić information content (AvgIpc) is 3.26. The first-order valence-corrected chi connectivity index (χ1v) is 20.6. The number of nitrogens with zero attached hydrogens (tertiary/aromatic N) is 2. The number of allylic oxidation sites excluding steroid dienone is 2. The lowest BCUT2D eigenvalue weighted by molar-refractivity contribution is 0.986. The summed E-state index contributed by atoms with van der Waals surface area (Å²) in [6.45, 7) is 0. The molecule has 10 rings (SSSR count). The molecule has 0 spiro atoms. The number of hydrogen-bond acceptors (Lipinski definition) is 2. The van der Waals surface area contributed by atoms with E-state index in [4.69, 9.17) is 4.99 Å². The van der Waals surface area contributed by atoms with Crippen LogP contribution >= 0.6 is 20.7 Å². The summed E-state index contributed by atoms with van der Waals surface area (Å²) in [6, 6.07) is 57.6. The maximum atomic E-state index is 5.44. The molecule has 1 aliphatic carbocycles. The predicted octanol–water partition coefficient (Wildman–Crippen LogP) is 13.3. The number of rotatable bonds is 6. The quantitative estimate of drug-likeness (QED) is 0.154. The highest BCUT2D eigenvalue weighted by Crippen LogP contribution is 2.35. The van der Waals surface area contributed by atoms with Gasteiger partial charge in [0.05, 0.1) is 5.70 Å². The lowest BCUT2D eigenvalue weighted by atomic mass is 9.93. The smallest absolute Gasteiger partial charge is 0.104 e. The van der Waals surface area contributed by atoms with E-state index in [1.807, 2.05) is 12.4 Å². The van der Waals surface area contributed by atoms with Crippen LogP contribution in [0.3, 0.4) is 0 Å². The van der Waals surface area contributed by atoms with Crippen LogP contribution in [0.4, 0.5) is 0 Å². The molecule has 1 aliphatic heterocycles. The minimum atomic E-state index is -0.571. The van der Waals surface area contributed by atoms with Gasteiger partial charge in [0.25, 0.3) is 0 Å². The Labute approximate surface area is 325 Å². The van der Waals surface area contributed by atoms with Gasteiger partial charge in [-0.05, 0) is 91.7 Å². The lowest BCUT2D eigenvalue weighted by Crippen LogP contribution is -2.05. The molecule has 0 atom stereocenters. The molecule has 2 heterocycles. The number of fused-ring (bicyclic) bond motifs is 3. The molecule has 0 saturated heterocycles. The van der Waals surface area contributed by atoms with E-state index in [1.54, 1.807) is 0 Å². The van der Waals surface area contributed by atoms with Crippen molar-refractivity contribution in [2.24, 2.45) is 4.99 Å². The van der Waals surface area contributed by atoms with Gasteiger partial charge in [-0.1, -0.05) is 178 Å². The van der Waals surface area contributed by atoms with Gasteiger partial charge in [0.1, 0.15) is 3.72 Å². The normalized spacial score (nSPS) is 13.8. The van der Waals surface area contributed by atoms with Crippen LogP contribution in [0.1, 0.15) is 34.2 Å². The average molecular weight is 803 g/mol. The summed E-state index contributed by atoms with van der Waals surface area (Å²) < 4.78 is 2.55. The summed E-state index contributed by atoms with van der Waals surface area (Å²) in [6.07, 6.45) is 13.0. The molecular weight excluding hydrogens is 767 g/mol. The fourth-order valence-corrected chi connectivity index (χ4v) is 10.4. The van der Waals surface area contributed by atoms with Gasteiger partial charge >= 0.3 is 0 Å². The number of aromatic nitrogens is 1. The third-order valence-electron chi connectivity index (χ3n) is 10.6. The fraction of sp³-hybridized carbons (Fsp3) is 0.0392. The van der Waals surface area contributed by atoms with Gasteiger partial charge in [-0.15, -0.1) is 0 Å². The standard InChI is InChI=1S/C51H35IN2/c1-2-11-40-29-42(28-19-34(40)9-1)41-14-7-15-43(30-41)51-52-49(38-24-20-36(21-25-38)46-18-8-13-35-10-3-5-16-45(35)46)31-50(54-51)39-26-22-37(23-27-39)48-33-53-32-44-12-4-6-17-47(44)48/h2-8,10-33H,1,9H2. The number of hydrogen-bond donors (Lipinski definition) is 0. The molecule has 0 fully saturated rings. The summed E-state index contributed by atoms with van der Waals surface area (Å²) in [5.41, 5.74) is 14.6. The number of aliphatic imine (C=N–C) groups is 1. The molecule has 54 heavy (non-hydrogen) atoms. The Morgan fingerprint density at radius 1 is 0.481 bits per heavy atom. The van der Waals surface area contributed by atoms with Crippen molar-refractivity contribution in [1.29, 1.82) is 0 Å². The van der Waals surface area contributed by atoms with Gasteiger partial charge in [0.15, 0.2) is 0 Å². The molecule has 256 valence electrons. The molecule has 1 aromatic heterocycles. The van der Waals surface area contributed by atoms with Crippen LogP contribution in [0.25, 0.3) is 66.7 Å². The van der Waals surface area contributed by atoms with E-state index in [0.717, 1.165) is 40.6 Å². The van der Waals surface area contributed by atoms with Crippen molar-refractivity contribution in [1.82, 2.24) is 4.98 Å². The van der Waals surface area contributed by atoms with Gasteiger partial charge in [-0.2, -0.15) is 0 Å². The Hall–Kier alpha value is -6.04. The van der Waals surface area contributed by atoms with Gasteiger partial charge in [0.2, 0.25) is 0 Å². The second-order valence-electron chi connectivity index (χ2n) is 13.9. The van der Waals surface area contributed by atoms with Crippen molar-refractivity contribution in [3.63, 3.8) is 0 Å². The summed E-state index contributed by atoms with van der Waals surface area (Å²) in [4.78, 5) is 9.98. The van der Waals surface area contributed by atoms with Crippen molar-refractivity contribution in [2.45, 2.75) is 12.8 Å². The van der Waals surface area contributed by atoms with Gasteiger partial charge < -0.3 is 0 Å². The maximum Gasteiger partial charge on any atom is 0.104 e. The molecule has 0 unspecified atom stereocenters. The van der Waals surface area contributed by atoms with Gasteiger partial charge in [-0.25, -0.2) is 4.99 Å². The first-order valence-electron chi connectivity index (χ1n) is 18.5. The maximum absolute atomic E-state index is 5.44. The molecule has 2 aliphatic rings. The zero-order valence-corrected chi connectivity index (χ0v) is 31.7. The topological polar surface area (TPSA) is 25.2 Å².